The predicted octanol–water partition coefficient (Wildman–Crippen LogP) is 4.03. The van der Waals surface area contributed by atoms with Crippen LogP contribution in [0.1, 0.15) is 34.7 Å². The Kier molecular flexibility index (Phi) is 4.12. The molecule has 134 valence electrons. The van der Waals surface area contributed by atoms with E-state index in [1.165, 1.54) is 11.3 Å². The summed E-state index contributed by atoms with van der Waals surface area (Å²) in [5.74, 6) is 0.0742. The van der Waals surface area contributed by atoms with Crippen LogP contribution in [0.3, 0.4) is 0 Å². The third-order valence-electron chi connectivity index (χ3n) is 4.97. The second-order valence-corrected chi connectivity index (χ2v) is 8.28. The van der Waals surface area contributed by atoms with Crippen molar-refractivity contribution in [2.45, 2.75) is 38.7 Å². The SMILES string of the molecule is Cc1sc2nc(COC(=O)C3(c4ccc(Cl)cc4)CC3)[nH]c(=O)c2c1C. The lowest BCUT2D eigenvalue weighted by Gasteiger charge is -2.14. The van der Waals surface area contributed by atoms with Crippen molar-refractivity contribution in [1.29, 1.82) is 0 Å². The molecule has 0 unspecified atom stereocenters. The number of thiophene rings is 1. The molecule has 7 heteroatoms. The molecule has 1 aliphatic rings. The molecule has 4 rings (SSSR count). The van der Waals surface area contributed by atoms with Crippen LogP contribution in [-0.4, -0.2) is 15.9 Å². The van der Waals surface area contributed by atoms with E-state index in [4.69, 9.17) is 16.3 Å². The molecule has 3 aromatic rings. The molecular formula is C19H17ClN2O3S. The topological polar surface area (TPSA) is 72.0 Å². The summed E-state index contributed by atoms with van der Waals surface area (Å²) in [5.41, 5.74) is 1.07. The second-order valence-electron chi connectivity index (χ2n) is 6.64. The van der Waals surface area contributed by atoms with E-state index in [2.05, 4.69) is 9.97 Å². The number of H-pyrrole nitrogens is 1. The van der Waals surface area contributed by atoms with Gasteiger partial charge in [0.15, 0.2) is 0 Å². The Labute approximate surface area is 159 Å². The van der Waals surface area contributed by atoms with E-state index in [1.807, 2.05) is 26.0 Å². The summed E-state index contributed by atoms with van der Waals surface area (Å²) < 4.78 is 5.48. The van der Waals surface area contributed by atoms with Crippen molar-refractivity contribution >= 4 is 39.1 Å². The first-order valence-electron chi connectivity index (χ1n) is 8.33. The van der Waals surface area contributed by atoms with Crippen molar-refractivity contribution in [1.82, 2.24) is 9.97 Å². The molecule has 1 N–H and O–H groups in total. The van der Waals surface area contributed by atoms with Crippen LogP contribution in [-0.2, 0) is 21.6 Å². The molecule has 5 nitrogen and oxygen atoms in total. The number of benzene rings is 1. The van der Waals surface area contributed by atoms with Gasteiger partial charge in [0.1, 0.15) is 17.3 Å². The van der Waals surface area contributed by atoms with E-state index < -0.39 is 5.41 Å². The number of nitrogens with zero attached hydrogens (tertiary/aromatic N) is 1. The monoisotopic (exact) mass is 388 g/mol. The van der Waals surface area contributed by atoms with Gasteiger partial charge in [-0.15, -0.1) is 11.3 Å². The summed E-state index contributed by atoms with van der Waals surface area (Å²) in [7, 11) is 0. The summed E-state index contributed by atoms with van der Waals surface area (Å²) in [6, 6.07) is 7.28. The highest BCUT2D eigenvalue weighted by atomic mass is 35.5. The summed E-state index contributed by atoms with van der Waals surface area (Å²) in [6.07, 6.45) is 1.50. The number of esters is 1. The van der Waals surface area contributed by atoms with Gasteiger partial charge in [-0.2, -0.15) is 0 Å². The van der Waals surface area contributed by atoms with Crippen molar-refractivity contribution in [3.63, 3.8) is 0 Å². The van der Waals surface area contributed by atoms with Crippen molar-refractivity contribution in [2.24, 2.45) is 0 Å². The first kappa shape index (κ1) is 17.2. The molecule has 26 heavy (non-hydrogen) atoms. The maximum Gasteiger partial charge on any atom is 0.317 e. The molecule has 2 aromatic heterocycles. The fourth-order valence-corrected chi connectivity index (χ4v) is 4.32. The summed E-state index contributed by atoms with van der Waals surface area (Å²) >= 11 is 7.39. The van der Waals surface area contributed by atoms with Crippen LogP contribution in [0.15, 0.2) is 29.1 Å². The zero-order chi connectivity index (χ0) is 18.5. The highest BCUT2D eigenvalue weighted by molar-refractivity contribution is 7.18. The standard InChI is InChI=1S/C19H17ClN2O3S/c1-10-11(2)26-17-15(10)16(23)21-14(22-17)9-25-18(24)19(7-8-19)12-3-5-13(20)6-4-12/h3-6H,7-9H2,1-2H3,(H,21,22,23). The lowest BCUT2D eigenvalue weighted by molar-refractivity contribution is -0.148. The van der Waals surface area contributed by atoms with Gasteiger partial charge in [0.25, 0.3) is 5.56 Å². The molecule has 1 saturated carbocycles. The van der Waals surface area contributed by atoms with E-state index in [0.717, 1.165) is 28.8 Å². The molecule has 0 saturated heterocycles. The van der Waals surface area contributed by atoms with Gasteiger partial charge < -0.3 is 9.72 Å². The second kappa shape index (κ2) is 6.21. The number of aromatic nitrogens is 2. The highest BCUT2D eigenvalue weighted by Gasteiger charge is 2.52. The quantitative estimate of drug-likeness (QED) is 0.685. The number of ether oxygens (including phenoxy) is 1. The van der Waals surface area contributed by atoms with E-state index in [-0.39, 0.29) is 18.1 Å². The van der Waals surface area contributed by atoms with E-state index in [0.29, 0.717) is 21.1 Å². The Morgan fingerprint density at radius 2 is 2.00 bits per heavy atom. The average molecular weight is 389 g/mol. The van der Waals surface area contributed by atoms with Crippen LogP contribution < -0.4 is 5.56 Å². The number of halogens is 1. The molecule has 1 aliphatic carbocycles. The number of carbonyl (C=O) groups excluding carboxylic acids is 1. The summed E-state index contributed by atoms with van der Waals surface area (Å²) in [5, 5.41) is 1.25. The first-order chi connectivity index (χ1) is 12.4. The third-order valence-corrected chi connectivity index (χ3v) is 6.32. The van der Waals surface area contributed by atoms with E-state index in [1.54, 1.807) is 12.1 Å². The lowest BCUT2D eigenvalue weighted by atomic mass is 9.96. The van der Waals surface area contributed by atoms with Gasteiger partial charge in [0.05, 0.1) is 10.8 Å². The highest BCUT2D eigenvalue weighted by Crippen LogP contribution is 2.49. The average Bonchev–Trinajstić information content (AvgIpc) is 3.36. The molecule has 0 amide bonds. The minimum atomic E-state index is -0.592. The van der Waals surface area contributed by atoms with Crippen LogP contribution in [0.5, 0.6) is 0 Å². The zero-order valence-electron chi connectivity index (χ0n) is 14.4. The van der Waals surface area contributed by atoms with E-state index >= 15 is 0 Å². The Morgan fingerprint density at radius 1 is 1.31 bits per heavy atom. The number of fused-ring (bicyclic) bond motifs is 1. The van der Waals surface area contributed by atoms with Crippen molar-refractivity contribution < 1.29 is 9.53 Å². The molecular weight excluding hydrogens is 372 g/mol. The fourth-order valence-electron chi connectivity index (χ4n) is 3.14. The Hall–Kier alpha value is -2.18. The first-order valence-corrected chi connectivity index (χ1v) is 9.52. The molecule has 0 aliphatic heterocycles. The van der Waals surface area contributed by atoms with Crippen molar-refractivity contribution in [3.05, 3.63) is 61.5 Å². The van der Waals surface area contributed by atoms with Gasteiger partial charge >= 0.3 is 5.97 Å². The number of rotatable bonds is 4. The number of aromatic amines is 1. The van der Waals surface area contributed by atoms with Gasteiger partial charge in [-0.25, -0.2) is 4.98 Å². The molecule has 2 heterocycles. The van der Waals surface area contributed by atoms with Crippen LogP contribution >= 0.6 is 22.9 Å². The zero-order valence-corrected chi connectivity index (χ0v) is 16.0. The Balaban J connectivity index is 1.54. The Bertz CT molecular complexity index is 1060. The van der Waals surface area contributed by atoms with Crippen LogP contribution in [0.4, 0.5) is 0 Å². The minimum Gasteiger partial charge on any atom is -0.457 e. The van der Waals surface area contributed by atoms with E-state index in [9.17, 15) is 9.59 Å². The lowest BCUT2D eigenvalue weighted by Crippen LogP contribution is -2.24. The summed E-state index contributed by atoms with van der Waals surface area (Å²) in [4.78, 5) is 33.8. The van der Waals surface area contributed by atoms with Gasteiger partial charge in [-0.3, -0.25) is 9.59 Å². The molecule has 1 aromatic carbocycles. The molecule has 0 atom stereocenters. The molecule has 0 spiro atoms. The van der Waals surface area contributed by atoms with Crippen LogP contribution in [0.25, 0.3) is 10.2 Å². The van der Waals surface area contributed by atoms with Crippen molar-refractivity contribution in [2.75, 3.05) is 0 Å². The molecule has 0 bridgehead atoms. The maximum atomic E-state index is 12.6. The van der Waals surface area contributed by atoms with Crippen LogP contribution in [0, 0.1) is 13.8 Å². The van der Waals surface area contributed by atoms with Crippen molar-refractivity contribution in [3.8, 4) is 0 Å². The predicted molar refractivity (Wildman–Crippen MR) is 102 cm³/mol. The molecule has 1 fully saturated rings. The van der Waals surface area contributed by atoms with Gasteiger partial charge in [0.2, 0.25) is 0 Å². The van der Waals surface area contributed by atoms with Gasteiger partial charge in [-0.05, 0) is 49.9 Å². The number of carbonyl (C=O) groups is 1. The van der Waals surface area contributed by atoms with Crippen LogP contribution in [0.2, 0.25) is 5.02 Å². The largest absolute Gasteiger partial charge is 0.457 e. The Morgan fingerprint density at radius 3 is 2.65 bits per heavy atom. The fraction of sp³-hybridized carbons (Fsp3) is 0.316. The normalized spacial score (nSPS) is 15.2. The number of hydrogen-bond acceptors (Lipinski definition) is 5. The van der Waals surface area contributed by atoms with Gasteiger partial charge in [0, 0.05) is 9.90 Å². The maximum absolute atomic E-state index is 12.6. The third kappa shape index (κ3) is 2.83. The number of nitrogens with one attached hydrogen (secondary N) is 1. The van der Waals surface area contributed by atoms with Gasteiger partial charge in [-0.1, -0.05) is 23.7 Å². The number of aryl methyl sites for hydroxylation is 2. The summed E-state index contributed by atoms with van der Waals surface area (Å²) in [6.45, 7) is 3.83. The minimum absolute atomic E-state index is 0.0463. The number of hydrogen-bond donors (Lipinski definition) is 1. The smallest absolute Gasteiger partial charge is 0.317 e. The molecule has 0 radical (unpaired) electrons.